The predicted octanol–water partition coefficient (Wildman–Crippen LogP) is 4.79. The molecule has 2 aromatic carbocycles. The molecule has 1 aliphatic carbocycles. The Balaban J connectivity index is 1.75. The molecule has 0 fully saturated rings. The Hall–Kier alpha value is -1.36. The van der Waals surface area contributed by atoms with Crippen molar-refractivity contribution < 1.29 is 8.42 Å². The predicted molar refractivity (Wildman–Crippen MR) is 103 cm³/mol. The number of benzene rings is 2. The molecule has 0 aromatic heterocycles. The zero-order valence-corrected chi connectivity index (χ0v) is 16.0. The normalized spacial score (nSPS) is 15.6. The molecule has 0 saturated heterocycles. The lowest BCUT2D eigenvalue weighted by Crippen LogP contribution is -2.29. The molecule has 1 unspecified atom stereocenters. The van der Waals surface area contributed by atoms with Gasteiger partial charge >= 0.3 is 0 Å². The minimum absolute atomic E-state index is 0.0361. The number of fused-ring (bicyclic) bond motifs is 1. The maximum Gasteiger partial charge on any atom is 0.216 e. The molecule has 1 atom stereocenters. The summed E-state index contributed by atoms with van der Waals surface area (Å²) in [5.74, 6) is -0.0361. The maximum atomic E-state index is 12.6. The zero-order valence-electron chi connectivity index (χ0n) is 14.5. The van der Waals surface area contributed by atoms with Gasteiger partial charge < -0.3 is 0 Å². The van der Waals surface area contributed by atoms with E-state index in [-0.39, 0.29) is 11.8 Å². The minimum Gasteiger partial charge on any atom is -0.212 e. The van der Waals surface area contributed by atoms with E-state index in [9.17, 15) is 8.42 Å². The molecule has 1 N–H and O–H groups in total. The highest BCUT2D eigenvalue weighted by Gasteiger charge is 2.20. The second kappa shape index (κ2) is 7.90. The monoisotopic (exact) mass is 377 g/mol. The number of hydrogen-bond donors (Lipinski definition) is 1. The standard InChI is InChI=1S/C20H24ClNO2S/c1-2-20(18-10-9-16-5-3-4-6-17(16)13-18)22-25(23,24)14-15-7-11-19(21)12-8-15/h7-13,20,22H,2-6,14H2,1H3. The van der Waals surface area contributed by atoms with Crippen LogP contribution in [0.1, 0.15) is 54.5 Å². The molecule has 3 nitrogen and oxygen atoms in total. The fourth-order valence-electron chi connectivity index (χ4n) is 3.42. The fourth-order valence-corrected chi connectivity index (χ4v) is 4.99. The van der Waals surface area contributed by atoms with Crippen LogP contribution in [0.4, 0.5) is 0 Å². The van der Waals surface area contributed by atoms with Gasteiger partial charge in [0.25, 0.3) is 0 Å². The van der Waals surface area contributed by atoms with E-state index >= 15 is 0 Å². The third kappa shape index (κ3) is 4.84. The van der Waals surface area contributed by atoms with E-state index in [0.29, 0.717) is 5.02 Å². The molecule has 2 aromatic rings. The molecule has 0 heterocycles. The third-order valence-corrected chi connectivity index (χ3v) is 6.38. The van der Waals surface area contributed by atoms with Crippen LogP contribution in [0.2, 0.25) is 5.02 Å². The van der Waals surface area contributed by atoms with E-state index < -0.39 is 10.0 Å². The summed E-state index contributed by atoms with van der Waals surface area (Å²) in [6.45, 7) is 2.01. The van der Waals surface area contributed by atoms with Crippen molar-refractivity contribution in [2.45, 2.75) is 50.8 Å². The van der Waals surface area contributed by atoms with Gasteiger partial charge in [0.1, 0.15) is 0 Å². The van der Waals surface area contributed by atoms with Gasteiger partial charge in [-0.3, -0.25) is 0 Å². The highest BCUT2D eigenvalue weighted by atomic mass is 35.5. The van der Waals surface area contributed by atoms with Gasteiger partial charge in [0.2, 0.25) is 10.0 Å². The van der Waals surface area contributed by atoms with Gasteiger partial charge in [-0.1, -0.05) is 48.9 Å². The van der Waals surface area contributed by atoms with Gasteiger partial charge in [0.15, 0.2) is 0 Å². The highest BCUT2D eigenvalue weighted by Crippen LogP contribution is 2.26. The molecule has 0 spiro atoms. The first-order chi connectivity index (χ1) is 12.0. The van der Waals surface area contributed by atoms with Gasteiger partial charge in [0, 0.05) is 11.1 Å². The summed E-state index contributed by atoms with van der Waals surface area (Å²) < 4.78 is 28.0. The fraction of sp³-hybridized carbons (Fsp3) is 0.400. The molecule has 0 aliphatic heterocycles. The topological polar surface area (TPSA) is 46.2 Å². The first-order valence-corrected chi connectivity index (χ1v) is 10.9. The Morgan fingerprint density at radius 2 is 1.72 bits per heavy atom. The Morgan fingerprint density at radius 3 is 2.40 bits per heavy atom. The molecule has 0 bridgehead atoms. The SMILES string of the molecule is CCC(NS(=O)(=O)Cc1ccc(Cl)cc1)c1ccc2c(c1)CCCC2. The number of halogens is 1. The van der Waals surface area contributed by atoms with Crippen molar-refractivity contribution in [1.82, 2.24) is 4.72 Å². The van der Waals surface area contributed by atoms with Crippen molar-refractivity contribution in [2.24, 2.45) is 0 Å². The molecular weight excluding hydrogens is 354 g/mol. The van der Waals surface area contributed by atoms with E-state index in [1.807, 2.05) is 6.92 Å². The van der Waals surface area contributed by atoms with Crippen LogP contribution in [0, 0.1) is 0 Å². The van der Waals surface area contributed by atoms with Crippen LogP contribution in [0.25, 0.3) is 0 Å². The quantitative estimate of drug-likeness (QED) is 0.786. The largest absolute Gasteiger partial charge is 0.216 e. The highest BCUT2D eigenvalue weighted by molar-refractivity contribution is 7.88. The Morgan fingerprint density at radius 1 is 1.04 bits per heavy atom. The number of aryl methyl sites for hydroxylation is 2. The number of hydrogen-bond acceptors (Lipinski definition) is 2. The van der Waals surface area contributed by atoms with Crippen molar-refractivity contribution in [3.8, 4) is 0 Å². The van der Waals surface area contributed by atoms with Crippen molar-refractivity contribution in [2.75, 3.05) is 0 Å². The number of rotatable bonds is 6. The van der Waals surface area contributed by atoms with Gasteiger partial charge in [-0.25, -0.2) is 13.1 Å². The molecule has 25 heavy (non-hydrogen) atoms. The lowest BCUT2D eigenvalue weighted by molar-refractivity contribution is 0.548. The van der Waals surface area contributed by atoms with Crippen LogP contribution in [0.3, 0.4) is 0 Å². The van der Waals surface area contributed by atoms with Crippen LogP contribution >= 0.6 is 11.6 Å². The first-order valence-electron chi connectivity index (χ1n) is 8.83. The van der Waals surface area contributed by atoms with E-state index in [2.05, 4.69) is 22.9 Å². The number of sulfonamides is 1. The average molecular weight is 378 g/mol. The molecule has 3 rings (SSSR count). The lowest BCUT2D eigenvalue weighted by Gasteiger charge is -2.21. The lowest BCUT2D eigenvalue weighted by atomic mass is 9.89. The smallest absolute Gasteiger partial charge is 0.212 e. The van der Waals surface area contributed by atoms with Crippen molar-refractivity contribution in [3.63, 3.8) is 0 Å². The summed E-state index contributed by atoms with van der Waals surface area (Å²) in [6, 6.07) is 13.2. The van der Waals surface area contributed by atoms with Crippen molar-refractivity contribution in [1.29, 1.82) is 0 Å². The van der Waals surface area contributed by atoms with Crippen LogP contribution < -0.4 is 4.72 Å². The van der Waals surface area contributed by atoms with Gasteiger partial charge in [-0.2, -0.15) is 0 Å². The summed E-state index contributed by atoms with van der Waals surface area (Å²) in [5, 5.41) is 0.606. The molecule has 0 saturated carbocycles. The van der Waals surface area contributed by atoms with Gasteiger partial charge in [-0.15, -0.1) is 0 Å². The maximum absolute atomic E-state index is 12.6. The second-order valence-corrected chi connectivity index (χ2v) is 8.89. The van der Waals surface area contributed by atoms with Gasteiger partial charge in [0.05, 0.1) is 5.75 Å². The minimum atomic E-state index is -3.42. The average Bonchev–Trinajstić information content (AvgIpc) is 2.61. The summed E-state index contributed by atoms with van der Waals surface area (Å²) in [6.07, 6.45) is 5.41. The van der Waals surface area contributed by atoms with E-state index in [1.54, 1.807) is 24.3 Å². The first kappa shape index (κ1) is 18.4. The molecule has 0 amide bonds. The van der Waals surface area contributed by atoms with E-state index in [1.165, 1.54) is 24.0 Å². The molecule has 5 heteroatoms. The van der Waals surface area contributed by atoms with Crippen molar-refractivity contribution in [3.05, 3.63) is 69.7 Å². The summed E-state index contributed by atoms with van der Waals surface area (Å²) in [5.41, 5.74) is 4.58. The van der Waals surface area contributed by atoms with Crippen molar-refractivity contribution >= 4 is 21.6 Å². The molecule has 134 valence electrons. The van der Waals surface area contributed by atoms with Crippen LogP contribution in [-0.4, -0.2) is 8.42 Å². The van der Waals surface area contributed by atoms with Gasteiger partial charge in [-0.05, 0) is 66.5 Å². The molecule has 1 aliphatic rings. The van der Waals surface area contributed by atoms with Crippen LogP contribution in [0.5, 0.6) is 0 Å². The van der Waals surface area contributed by atoms with E-state index in [0.717, 1.165) is 30.4 Å². The van der Waals surface area contributed by atoms with Crippen LogP contribution in [0.15, 0.2) is 42.5 Å². The Kier molecular flexibility index (Phi) is 5.82. The Bertz CT molecular complexity index is 831. The molecular formula is C20H24ClNO2S. The second-order valence-electron chi connectivity index (χ2n) is 6.70. The molecule has 0 radical (unpaired) electrons. The number of nitrogens with one attached hydrogen (secondary N) is 1. The summed E-state index contributed by atoms with van der Waals surface area (Å²) in [7, 11) is -3.42. The summed E-state index contributed by atoms with van der Waals surface area (Å²) in [4.78, 5) is 0. The van der Waals surface area contributed by atoms with Crippen LogP contribution in [-0.2, 0) is 28.6 Å². The third-order valence-electron chi connectivity index (χ3n) is 4.77. The van der Waals surface area contributed by atoms with E-state index in [4.69, 9.17) is 11.6 Å². The Labute approximate surface area is 155 Å². The zero-order chi connectivity index (χ0) is 17.9. The summed E-state index contributed by atoms with van der Waals surface area (Å²) >= 11 is 5.86.